The topological polar surface area (TPSA) is 79.4 Å². The van der Waals surface area contributed by atoms with Crippen molar-refractivity contribution in [1.82, 2.24) is 10.1 Å². The Morgan fingerprint density at radius 1 is 1.24 bits per heavy atom. The quantitative estimate of drug-likeness (QED) is 0.839. The maximum atomic E-state index is 9.54. The zero-order valence-corrected chi connectivity index (χ0v) is 12.1. The average molecular weight is 288 g/mol. The number of benzene rings is 1. The lowest BCUT2D eigenvalue weighted by atomic mass is 9.80. The predicted molar refractivity (Wildman–Crippen MR) is 78.1 cm³/mol. The molecule has 5 nitrogen and oxygen atoms in total. The Hall–Kier alpha value is -2.04. The molecule has 2 atom stereocenters. The van der Waals surface area contributed by atoms with Crippen LogP contribution in [0.3, 0.4) is 0 Å². The van der Waals surface area contributed by atoms with E-state index in [1.807, 2.05) is 0 Å². The van der Waals surface area contributed by atoms with Gasteiger partial charge in [0.1, 0.15) is 0 Å². The summed E-state index contributed by atoms with van der Waals surface area (Å²) in [4.78, 5) is 4.47. The Balaban J connectivity index is 1.81. The van der Waals surface area contributed by atoms with Crippen LogP contribution in [0.5, 0.6) is 11.5 Å². The largest absolute Gasteiger partial charge is 0.504 e. The van der Waals surface area contributed by atoms with Gasteiger partial charge in [-0.1, -0.05) is 31.3 Å². The van der Waals surface area contributed by atoms with Crippen LogP contribution >= 0.6 is 0 Å². The molecule has 1 aromatic carbocycles. The highest BCUT2D eigenvalue weighted by molar-refractivity contribution is 5.58. The van der Waals surface area contributed by atoms with Gasteiger partial charge in [0.05, 0.1) is 0 Å². The van der Waals surface area contributed by atoms with Crippen molar-refractivity contribution < 1.29 is 14.7 Å². The molecule has 2 aromatic rings. The first-order chi connectivity index (χ1) is 10.2. The molecule has 1 heterocycles. The molecule has 0 aliphatic heterocycles. The van der Waals surface area contributed by atoms with E-state index in [-0.39, 0.29) is 11.5 Å². The van der Waals surface area contributed by atoms with Gasteiger partial charge >= 0.3 is 0 Å². The summed E-state index contributed by atoms with van der Waals surface area (Å²) in [5, 5.41) is 23.0. The van der Waals surface area contributed by atoms with Gasteiger partial charge in [-0.2, -0.15) is 4.98 Å². The van der Waals surface area contributed by atoms with Crippen LogP contribution in [-0.2, 0) is 0 Å². The second-order valence-corrected chi connectivity index (χ2v) is 5.80. The van der Waals surface area contributed by atoms with Gasteiger partial charge in [-0.05, 0) is 37.0 Å². The van der Waals surface area contributed by atoms with E-state index in [1.54, 1.807) is 6.07 Å². The molecule has 1 aliphatic carbocycles. The number of rotatable bonds is 3. The number of phenols is 2. The average Bonchev–Trinajstić information content (AvgIpc) is 3.00. The molecular formula is C16H20N2O3. The summed E-state index contributed by atoms with van der Waals surface area (Å²) in [6.45, 7) is 2.23. The van der Waals surface area contributed by atoms with Crippen molar-refractivity contribution in [3.8, 4) is 23.0 Å². The standard InChI is InChI=1S/C16H20N2O3/c1-2-10-4-3-5-11(8-10)15-17-16(21-18-15)12-6-7-13(19)14(20)9-12/h6-7,9-11,19-20H,2-5,8H2,1H3. The maximum Gasteiger partial charge on any atom is 0.258 e. The first-order valence-corrected chi connectivity index (χ1v) is 7.53. The lowest BCUT2D eigenvalue weighted by molar-refractivity contribution is 0.300. The molecule has 0 spiro atoms. The molecule has 0 radical (unpaired) electrons. The van der Waals surface area contributed by atoms with Gasteiger partial charge in [0.2, 0.25) is 0 Å². The molecular weight excluding hydrogens is 268 g/mol. The van der Waals surface area contributed by atoms with Crippen molar-refractivity contribution >= 4 is 0 Å². The molecule has 0 saturated heterocycles. The zero-order chi connectivity index (χ0) is 14.8. The second kappa shape index (κ2) is 5.76. The molecule has 21 heavy (non-hydrogen) atoms. The number of aromatic hydroxyl groups is 2. The summed E-state index contributed by atoms with van der Waals surface area (Å²) in [7, 11) is 0. The molecule has 5 heteroatoms. The molecule has 112 valence electrons. The molecule has 0 bridgehead atoms. The summed E-state index contributed by atoms with van der Waals surface area (Å²) in [5.74, 6) is 1.93. The molecule has 1 saturated carbocycles. The van der Waals surface area contributed by atoms with Gasteiger partial charge in [-0.3, -0.25) is 0 Å². The van der Waals surface area contributed by atoms with Crippen LogP contribution in [-0.4, -0.2) is 20.4 Å². The van der Waals surface area contributed by atoms with Crippen LogP contribution in [0.25, 0.3) is 11.5 Å². The Morgan fingerprint density at radius 2 is 2.10 bits per heavy atom. The summed E-state index contributed by atoms with van der Waals surface area (Å²) >= 11 is 0. The van der Waals surface area contributed by atoms with E-state index in [1.165, 1.54) is 31.4 Å². The van der Waals surface area contributed by atoms with E-state index in [9.17, 15) is 10.2 Å². The van der Waals surface area contributed by atoms with E-state index in [4.69, 9.17) is 4.52 Å². The summed E-state index contributed by atoms with van der Waals surface area (Å²) < 4.78 is 5.31. The number of aromatic nitrogens is 2. The Kier molecular flexibility index (Phi) is 3.82. The third-order valence-corrected chi connectivity index (χ3v) is 4.39. The minimum Gasteiger partial charge on any atom is -0.504 e. The fourth-order valence-corrected chi connectivity index (χ4v) is 3.07. The van der Waals surface area contributed by atoms with Crippen LogP contribution in [0.4, 0.5) is 0 Å². The molecule has 1 aliphatic rings. The van der Waals surface area contributed by atoms with E-state index in [0.717, 1.165) is 24.6 Å². The molecule has 1 fully saturated rings. The van der Waals surface area contributed by atoms with E-state index in [0.29, 0.717) is 17.4 Å². The highest BCUT2D eigenvalue weighted by Crippen LogP contribution is 2.37. The summed E-state index contributed by atoms with van der Waals surface area (Å²) in [5.41, 5.74) is 0.618. The minimum absolute atomic E-state index is 0.156. The molecule has 2 N–H and O–H groups in total. The van der Waals surface area contributed by atoms with Gasteiger partial charge in [0.15, 0.2) is 17.3 Å². The highest BCUT2D eigenvalue weighted by Gasteiger charge is 2.26. The van der Waals surface area contributed by atoms with Crippen molar-refractivity contribution in [2.45, 2.75) is 44.9 Å². The second-order valence-electron chi connectivity index (χ2n) is 5.80. The molecule has 1 aromatic heterocycles. The van der Waals surface area contributed by atoms with Crippen molar-refractivity contribution in [2.24, 2.45) is 5.92 Å². The van der Waals surface area contributed by atoms with Gasteiger partial charge in [-0.25, -0.2) is 0 Å². The third kappa shape index (κ3) is 2.86. The predicted octanol–water partition coefficient (Wildman–Crippen LogP) is 3.83. The van der Waals surface area contributed by atoms with Crippen LogP contribution in [0.1, 0.15) is 50.8 Å². The minimum atomic E-state index is -0.184. The Labute approximate surface area is 123 Å². The summed E-state index contributed by atoms with van der Waals surface area (Å²) in [6, 6.07) is 4.51. The smallest absolute Gasteiger partial charge is 0.258 e. The van der Waals surface area contributed by atoms with E-state index < -0.39 is 0 Å². The van der Waals surface area contributed by atoms with Crippen LogP contribution in [0.2, 0.25) is 0 Å². The lowest BCUT2D eigenvalue weighted by Gasteiger charge is -2.26. The number of phenolic OH excluding ortho intramolecular Hbond substituents is 2. The fraction of sp³-hybridized carbons (Fsp3) is 0.500. The number of hydrogen-bond donors (Lipinski definition) is 2. The first kappa shape index (κ1) is 13.9. The fourth-order valence-electron chi connectivity index (χ4n) is 3.07. The first-order valence-electron chi connectivity index (χ1n) is 7.53. The van der Waals surface area contributed by atoms with E-state index in [2.05, 4.69) is 17.1 Å². The van der Waals surface area contributed by atoms with Crippen LogP contribution < -0.4 is 0 Å². The van der Waals surface area contributed by atoms with Crippen LogP contribution in [0.15, 0.2) is 22.7 Å². The molecule has 3 rings (SSSR count). The number of hydrogen-bond acceptors (Lipinski definition) is 5. The third-order valence-electron chi connectivity index (χ3n) is 4.39. The van der Waals surface area contributed by atoms with Crippen molar-refractivity contribution in [3.63, 3.8) is 0 Å². The maximum absolute atomic E-state index is 9.54. The normalized spacial score (nSPS) is 22.3. The van der Waals surface area contributed by atoms with Gasteiger partial charge in [0, 0.05) is 11.5 Å². The Morgan fingerprint density at radius 3 is 2.86 bits per heavy atom. The molecule has 0 amide bonds. The van der Waals surface area contributed by atoms with Gasteiger partial charge in [0.25, 0.3) is 5.89 Å². The Bertz CT molecular complexity index is 624. The lowest BCUT2D eigenvalue weighted by Crippen LogP contribution is -2.14. The van der Waals surface area contributed by atoms with E-state index >= 15 is 0 Å². The zero-order valence-electron chi connectivity index (χ0n) is 12.1. The van der Waals surface area contributed by atoms with Gasteiger partial charge < -0.3 is 14.7 Å². The van der Waals surface area contributed by atoms with Crippen LogP contribution in [0, 0.1) is 5.92 Å². The molecule has 2 unspecified atom stereocenters. The van der Waals surface area contributed by atoms with Crippen molar-refractivity contribution in [1.29, 1.82) is 0 Å². The SMILES string of the molecule is CCC1CCCC(c2noc(-c3ccc(O)c(O)c3)n2)C1. The number of nitrogens with zero attached hydrogens (tertiary/aromatic N) is 2. The van der Waals surface area contributed by atoms with Crippen molar-refractivity contribution in [3.05, 3.63) is 24.0 Å². The van der Waals surface area contributed by atoms with Gasteiger partial charge in [-0.15, -0.1) is 0 Å². The monoisotopic (exact) mass is 288 g/mol. The van der Waals surface area contributed by atoms with Crippen molar-refractivity contribution in [2.75, 3.05) is 0 Å². The highest BCUT2D eigenvalue weighted by atomic mass is 16.5. The summed E-state index contributed by atoms with van der Waals surface area (Å²) in [6.07, 6.45) is 5.94.